The van der Waals surface area contributed by atoms with E-state index in [2.05, 4.69) is 52.1 Å². The maximum atomic E-state index is 4.12. The SMILES string of the molecule is Cc1cccc(C(CBr)Cc2cncs2)c1. The van der Waals surface area contributed by atoms with E-state index in [9.17, 15) is 0 Å². The normalized spacial score (nSPS) is 12.6. The molecule has 2 rings (SSSR count). The summed E-state index contributed by atoms with van der Waals surface area (Å²) in [4.78, 5) is 5.48. The third-order valence-corrected chi connectivity index (χ3v) is 4.21. The molecule has 0 spiro atoms. The van der Waals surface area contributed by atoms with Crippen LogP contribution in [0.5, 0.6) is 0 Å². The predicted octanol–water partition coefficient (Wildman–Crippen LogP) is 4.17. The number of rotatable bonds is 4. The first kappa shape index (κ1) is 11.8. The fourth-order valence-corrected chi connectivity index (χ4v) is 3.05. The van der Waals surface area contributed by atoms with Crippen LogP contribution in [-0.4, -0.2) is 10.3 Å². The number of alkyl halides is 1. The van der Waals surface area contributed by atoms with Gasteiger partial charge in [0.05, 0.1) is 5.51 Å². The molecule has 1 aromatic heterocycles. The van der Waals surface area contributed by atoms with Crippen LogP contribution in [-0.2, 0) is 6.42 Å². The Morgan fingerprint density at radius 1 is 1.44 bits per heavy atom. The van der Waals surface area contributed by atoms with E-state index in [1.165, 1.54) is 16.0 Å². The summed E-state index contributed by atoms with van der Waals surface area (Å²) >= 11 is 5.34. The lowest BCUT2D eigenvalue weighted by molar-refractivity contribution is 0.783. The Hall–Kier alpha value is -0.670. The van der Waals surface area contributed by atoms with Crippen LogP contribution >= 0.6 is 27.3 Å². The van der Waals surface area contributed by atoms with E-state index in [0.29, 0.717) is 5.92 Å². The van der Waals surface area contributed by atoms with Gasteiger partial charge in [-0.3, -0.25) is 4.98 Å². The van der Waals surface area contributed by atoms with Crippen molar-refractivity contribution in [2.75, 3.05) is 5.33 Å². The number of hydrogen-bond acceptors (Lipinski definition) is 2. The maximum Gasteiger partial charge on any atom is 0.0794 e. The minimum Gasteiger partial charge on any atom is -0.253 e. The number of aromatic nitrogens is 1. The molecule has 0 radical (unpaired) electrons. The van der Waals surface area contributed by atoms with E-state index >= 15 is 0 Å². The molecular formula is C13H14BrNS. The highest BCUT2D eigenvalue weighted by atomic mass is 79.9. The molecule has 0 N–H and O–H groups in total. The summed E-state index contributed by atoms with van der Waals surface area (Å²) in [5.41, 5.74) is 4.63. The number of nitrogens with zero attached hydrogens (tertiary/aromatic N) is 1. The quantitative estimate of drug-likeness (QED) is 0.772. The molecule has 0 aliphatic rings. The van der Waals surface area contributed by atoms with Gasteiger partial charge in [-0.25, -0.2) is 0 Å². The van der Waals surface area contributed by atoms with E-state index in [-0.39, 0.29) is 0 Å². The summed E-state index contributed by atoms with van der Waals surface area (Å²) in [5.74, 6) is 0.542. The third-order valence-electron chi connectivity index (χ3n) is 2.63. The van der Waals surface area contributed by atoms with Crippen molar-refractivity contribution in [1.29, 1.82) is 0 Å². The summed E-state index contributed by atoms with van der Waals surface area (Å²) in [5, 5.41) is 0.994. The molecule has 0 saturated heterocycles. The van der Waals surface area contributed by atoms with Gasteiger partial charge in [0.15, 0.2) is 0 Å². The summed E-state index contributed by atoms with van der Waals surface area (Å²) in [6.45, 7) is 2.14. The van der Waals surface area contributed by atoms with Crippen molar-refractivity contribution >= 4 is 27.3 Å². The fourth-order valence-electron chi connectivity index (χ4n) is 1.77. The van der Waals surface area contributed by atoms with Crippen molar-refractivity contribution in [2.24, 2.45) is 0 Å². The molecule has 0 bridgehead atoms. The Morgan fingerprint density at radius 2 is 2.31 bits per heavy atom. The first-order valence-corrected chi connectivity index (χ1v) is 7.29. The zero-order valence-electron chi connectivity index (χ0n) is 9.19. The molecule has 0 amide bonds. The predicted molar refractivity (Wildman–Crippen MR) is 73.5 cm³/mol. The van der Waals surface area contributed by atoms with Gasteiger partial charge in [0.1, 0.15) is 0 Å². The van der Waals surface area contributed by atoms with E-state index < -0.39 is 0 Å². The number of thiazole rings is 1. The van der Waals surface area contributed by atoms with Crippen molar-refractivity contribution in [3.05, 3.63) is 52.0 Å². The summed E-state index contributed by atoms with van der Waals surface area (Å²) < 4.78 is 0. The van der Waals surface area contributed by atoms with E-state index in [4.69, 9.17) is 0 Å². The smallest absolute Gasteiger partial charge is 0.0794 e. The zero-order chi connectivity index (χ0) is 11.4. The second-order valence-corrected chi connectivity index (χ2v) is 5.56. The number of benzene rings is 1. The van der Waals surface area contributed by atoms with Gasteiger partial charge in [-0.2, -0.15) is 0 Å². The highest BCUT2D eigenvalue weighted by molar-refractivity contribution is 9.09. The fraction of sp³-hybridized carbons (Fsp3) is 0.308. The second-order valence-electron chi connectivity index (χ2n) is 3.94. The van der Waals surface area contributed by atoms with Crippen LogP contribution in [0.1, 0.15) is 21.9 Å². The van der Waals surface area contributed by atoms with Crippen LogP contribution in [0.15, 0.2) is 36.0 Å². The van der Waals surface area contributed by atoms with Gasteiger partial charge in [0.2, 0.25) is 0 Å². The second kappa shape index (κ2) is 5.60. The first-order valence-electron chi connectivity index (χ1n) is 5.29. The van der Waals surface area contributed by atoms with Crippen molar-refractivity contribution in [3.63, 3.8) is 0 Å². The highest BCUT2D eigenvalue weighted by Crippen LogP contribution is 2.25. The largest absolute Gasteiger partial charge is 0.253 e. The molecule has 0 fully saturated rings. The van der Waals surface area contributed by atoms with Gasteiger partial charge >= 0.3 is 0 Å². The molecule has 1 aromatic carbocycles. The lowest BCUT2D eigenvalue weighted by atomic mass is 9.96. The molecule has 2 aromatic rings. The molecular weight excluding hydrogens is 282 g/mol. The molecule has 1 heterocycles. The van der Waals surface area contributed by atoms with Crippen LogP contribution in [0.3, 0.4) is 0 Å². The third kappa shape index (κ3) is 2.92. The molecule has 16 heavy (non-hydrogen) atoms. The first-order chi connectivity index (χ1) is 7.79. The van der Waals surface area contributed by atoms with E-state index in [0.717, 1.165) is 11.8 Å². The van der Waals surface area contributed by atoms with Crippen LogP contribution in [0.2, 0.25) is 0 Å². The van der Waals surface area contributed by atoms with Gasteiger partial charge < -0.3 is 0 Å². The average Bonchev–Trinajstić information content (AvgIpc) is 2.78. The summed E-state index contributed by atoms with van der Waals surface area (Å²) in [6.07, 6.45) is 3.04. The molecule has 1 unspecified atom stereocenters. The summed E-state index contributed by atoms with van der Waals surface area (Å²) in [7, 11) is 0. The topological polar surface area (TPSA) is 12.9 Å². The van der Waals surface area contributed by atoms with Crippen molar-refractivity contribution < 1.29 is 0 Å². The van der Waals surface area contributed by atoms with Gasteiger partial charge in [-0.1, -0.05) is 45.8 Å². The Kier molecular flexibility index (Phi) is 4.13. The van der Waals surface area contributed by atoms with Crippen molar-refractivity contribution in [3.8, 4) is 0 Å². The van der Waals surface area contributed by atoms with Crippen LogP contribution in [0.25, 0.3) is 0 Å². The average molecular weight is 296 g/mol. The Morgan fingerprint density at radius 3 is 2.94 bits per heavy atom. The molecule has 84 valence electrons. The molecule has 1 nitrogen and oxygen atoms in total. The number of hydrogen-bond donors (Lipinski definition) is 0. The Balaban J connectivity index is 2.16. The standard InChI is InChI=1S/C13H14BrNS/c1-10-3-2-4-11(5-10)12(7-14)6-13-8-15-9-16-13/h2-5,8-9,12H,6-7H2,1H3. The lowest BCUT2D eigenvalue weighted by Crippen LogP contribution is -2.03. The zero-order valence-corrected chi connectivity index (χ0v) is 11.6. The van der Waals surface area contributed by atoms with Crippen molar-refractivity contribution in [1.82, 2.24) is 4.98 Å². The molecule has 0 aliphatic heterocycles. The van der Waals surface area contributed by atoms with Gasteiger partial charge in [0.25, 0.3) is 0 Å². The maximum absolute atomic E-state index is 4.12. The summed E-state index contributed by atoms with van der Waals surface area (Å²) in [6, 6.07) is 8.75. The van der Waals surface area contributed by atoms with Gasteiger partial charge in [-0.05, 0) is 24.8 Å². The lowest BCUT2D eigenvalue weighted by Gasteiger charge is -2.13. The van der Waals surface area contributed by atoms with Crippen molar-refractivity contribution in [2.45, 2.75) is 19.3 Å². The molecule has 1 atom stereocenters. The van der Waals surface area contributed by atoms with Crippen LogP contribution < -0.4 is 0 Å². The number of aryl methyl sites for hydroxylation is 1. The van der Waals surface area contributed by atoms with Crippen LogP contribution in [0, 0.1) is 6.92 Å². The van der Waals surface area contributed by atoms with Crippen LogP contribution in [0.4, 0.5) is 0 Å². The monoisotopic (exact) mass is 295 g/mol. The molecule has 3 heteroatoms. The Bertz CT molecular complexity index is 439. The van der Waals surface area contributed by atoms with E-state index in [1.54, 1.807) is 11.3 Å². The molecule has 0 saturated carbocycles. The Labute approximate surface area is 109 Å². The van der Waals surface area contributed by atoms with Gasteiger partial charge in [-0.15, -0.1) is 11.3 Å². The highest BCUT2D eigenvalue weighted by Gasteiger charge is 2.11. The molecule has 0 aliphatic carbocycles. The minimum absolute atomic E-state index is 0.542. The van der Waals surface area contributed by atoms with E-state index in [1.807, 2.05) is 11.7 Å². The van der Waals surface area contributed by atoms with Gasteiger partial charge in [0, 0.05) is 16.4 Å². The number of halogens is 1. The minimum atomic E-state index is 0.542.